The predicted octanol–water partition coefficient (Wildman–Crippen LogP) is 2.90. The molecule has 1 fully saturated rings. The molecule has 1 aliphatic rings. The summed E-state index contributed by atoms with van der Waals surface area (Å²) in [5.41, 5.74) is 3.98. The Labute approximate surface area is 170 Å². The normalized spacial score (nSPS) is 17.1. The molecule has 0 unspecified atom stereocenters. The minimum absolute atomic E-state index is 0.0877. The van der Waals surface area contributed by atoms with Gasteiger partial charge in [-0.3, -0.25) is 14.4 Å². The van der Waals surface area contributed by atoms with Gasteiger partial charge in [-0.2, -0.15) is 0 Å². The zero-order chi connectivity index (χ0) is 21.0. The summed E-state index contributed by atoms with van der Waals surface area (Å²) in [5.74, 6) is -1.58. The van der Waals surface area contributed by atoms with Crippen molar-refractivity contribution >= 4 is 23.5 Å². The summed E-state index contributed by atoms with van der Waals surface area (Å²) in [7, 11) is 0. The second kappa shape index (κ2) is 8.90. The Balaban J connectivity index is 1.51. The highest BCUT2D eigenvalue weighted by atomic mass is 16.5. The summed E-state index contributed by atoms with van der Waals surface area (Å²) in [6.07, 6.45) is -0.832. The first kappa shape index (κ1) is 20.6. The minimum Gasteiger partial charge on any atom is -0.452 e. The molecular formula is C23H26N2O4. The average molecular weight is 394 g/mol. The predicted molar refractivity (Wildman–Crippen MR) is 110 cm³/mol. The number of carbonyl (C=O) groups is 3. The fourth-order valence-corrected chi connectivity index (χ4v) is 3.20. The Hall–Kier alpha value is -3.15. The maximum absolute atomic E-state index is 12.5. The van der Waals surface area contributed by atoms with E-state index < -0.39 is 18.0 Å². The van der Waals surface area contributed by atoms with Gasteiger partial charge in [0.15, 0.2) is 6.10 Å². The fraction of sp³-hybridized carbons (Fsp3) is 0.348. The van der Waals surface area contributed by atoms with E-state index >= 15 is 0 Å². The standard InChI is InChI=1S/C23H26N2O4/c1-15-4-8-18(9-5-15)13-24-22(27)17(3)29-23(28)19-12-21(26)25(14-19)20-10-6-16(2)7-11-20/h4-11,17,19H,12-14H2,1-3H3,(H,24,27)/t17-,19+/m0/s1. The van der Waals surface area contributed by atoms with Crippen molar-refractivity contribution in [1.82, 2.24) is 5.32 Å². The highest BCUT2D eigenvalue weighted by Gasteiger charge is 2.37. The number of nitrogens with zero attached hydrogens (tertiary/aromatic N) is 1. The Morgan fingerprint density at radius 2 is 1.66 bits per heavy atom. The van der Waals surface area contributed by atoms with Gasteiger partial charge >= 0.3 is 5.97 Å². The summed E-state index contributed by atoms with van der Waals surface area (Å²) >= 11 is 0. The summed E-state index contributed by atoms with van der Waals surface area (Å²) in [6.45, 7) is 6.14. The van der Waals surface area contributed by atoms with Crippen LogP contribution in [0.15, 0.2) is 48.5 Å². The van der Waals surface area contributed by atoms with E-state index in [1.165, 1.54) is 6.92 Å². The van der Waals surface area contributed by atoms with Crippen molar-refractivity contribution in [2.75, 3.05) is 11.4 Å². The number of ether oxygens (including phenoxy) is 1. The zero-order valence-corrected chi connectivity index (χ0v) is 17.0. The van der Waals surface area contributed by atoms with Gasteiger partial charge in [-0.25, -0.2) is 0 Å². The molecule has 1 heterocycles. The van der Waals surface area contributed by atoms with Crippen LogP contribution in [-0.4, -0.2) is 30.4 Å². The molecule has 2 aromatic carbocycles. The Bertz CT molecular complexity index is 890. The lowest BCUT2D eigenvalue weighted by Gasteiger charge is -2.18. The summed E-state index contributed by atoms with van der Waals surface area (Å²) in [5, 5.41) is 2.77. The van der Waals surface area contributed by atoms with Gasteiger partial charge in [0, 0.05) is 25.2 Å². The molecule has 1 aliphatic heterocycles. The summed E-state index contributed by atoms with van der Waals surface area (Å²) < 4.78 is 5.33. The molecule has 0 aliphatic carbocycles. The molecule has 152 valence electrons. The van der Waals surface area contributed by atoms with E-state index in [1.54, 1.807) is 4.90 Å². The quantitative estimate of drug-likeness (QED) is 0.765. The number of rotatable bonds is 6. The van der Waals surface area contributed by atoms with Crippen molar-refractivity contribution in [2.24, 2.45) is 5.92 Å². The zero-order valence-electron chi connectivity index (χ0n) is 17.0. The smallest absolute Gasteiger partial charge is 0.312 e. The summed E-state index contributed by atoms with van der Waals surface area (Å²) in [4.78, 5) is 38.6. The lowest BCUT2D eigenvalue weighted by Crippen LogP contribution is -2.37. The second-order valence-corrected chi connectivity index (χ2v) is 7.52. The first-order chi connectivity index (χ1) is 13.8. The average Bonchev–Trinajstić information content (AvgIpc) is 3.09. The van der Waals surface area contributed by atoms with Crippen molar-refractivity contribution in [3.63, 3.8) is 0 Å². The molecular weight excluding hydrogens is 368 g/mol. The number of anilines is 1. The third kappa shape index (κ3) is 5.22. The Morgan fingerprint density at radius 1 is 1.07 bits per heavy atom. The van der Waals surface area contributed by atoms with E-state index in [9.17, 15) is 14.4 Å². The second-order valence-electron chi connectivity index (χ2n) is 7.52. The van der Waals surface area contributed by atoms with E-state index in [0.717, 1.165) is 22.4 Å². The monoisotopic (exact) mass is 394 g/mol. The highest BCUT2D eigenvalue weighted by Crippen LogP contribution is 2.26. The van der Waals surface area contributed by atoms with Crippen molar-refractivity contribution in [3.8, 4) is 0 Å². The lowest BCUT2D eigenvalue weighted by molar-refractivity contribution is -0.158. The van der Waals surface area contributed by atoms with Crippen LogP contribution < -0.4 is 10.2 Å². The number of hydrogen-bond donors (Lipinski definition) is 1. The van der Waals surface area contributed by atoms with Gasteiger partial charge in [0.2, 0.25) is 5.91 Å². The number of nitrogens with one attached hydrogen (secondary N) is 1. The molecule has 3 rings (SSSR count). The number of carbonyl (C=O) groups excluding carboxylic acids is 3. The van der Waals surface area contributed by atoms with E-state index in [0.29, 0.717) is 6.54 Å². The molecule has 1 saturated heterocycles. The van der Waals surface area contributed by atoms with Gasteiger partial charge in [0.05, 0.1) is 5.92 Å². The van der Waals surface area contributed by atoms with Gasteiger partial charge < -0.3 is 15.0 Å². The molecule has 6 nitrogen and oxygen atoms in total. The van der Waals surface area contributed by atoms with Gasteiger partial charge in [0.25, 0.3) is 5.91 Å². The SMILES string of the molecule is Cc1ccc(CNC(=O)[C@H](C)OC(=O)[C@@H]2CC(=O)N(c3ccc(C)cc3)C2)cc1. The molecule has 0 aromatic heterocycles. The molecule has 29 heavy (non-hydrogen) atoms. The number of benzene rings is 2. The molecule has 0 radical (unpaired) electrons. The first-order valence-corrected chi connectivity index (χ1v) is 9.74. The molecule has 0 spiro atoms. The maximum atomic E-state index is 12.5. The number of aryl methyl sites for hydroxylation is 2. The maximum Gasteiger partial charge on any atom is 0.312 e. The van der Waals surface area contributed by atoms with Crippen LogP contribution in [0.3, 0.4) is 0 Å². The third-order valence-electron chi connectivity index (χ3n) is 5.05. The van der Waals surface area contributed by atoms with Crippen LogP contribution in [0.2, 0.25) is 0 Å². The third-order valence-corrected chi connectivity index (χ3v) is 5.05. The first-order valence-electron chi connectivity index (χ1n) is 9.74. The Morgan fingerprint density at radius 3 is 2.28 bits per heavy atom. The number of amides is 2. The minimum atomic E-state index is -0.920. The largest absolute Gasteiger partial charge is 0.452 e. The molecule has 2 atom stereocenters. The number of hydrogen-bond acceptors (Lipinski definition) is 4. The van der Waals surface area contributed by atoms with Crippen LogP contribution in [0, 0.1) is 19.8 Å². The molecule has 2 aromatic rings. The van der Waals surface area contributed by atoms with Crippen molar-refractivity contribution < 1.29 is 19.1 Å². The van der Waals surface area contributed by atoms with Crippen LogP contribution in [0.1, 0.15) is 30.0 Å². The van der Waals surface area contributed by atoms with Crippen molar-refractivity contribution in [2.45, 2.75) is 39.8 Å². The Kier molecular flexibility index (Phi) is 6.32. The lowest BCUT2D eigenvalue weighted by atomic mass is 10.1. The van der Waals surface area contributed by atoms with E-state index in [2.05, 4.69) is 5.32 Å². The van der Waals surface area contributed by atoms with Crippen LogP contribution in [0.4, 0.5) is 5.69 Å². The van der Waals surface area contributed by atoms with Crippen LogP contribution in [-0.2, 0) is 25.7 Å². The number of esters is 1. The van der Waals surface area contributed by atoms with Gasteiger partial charge in [0.1, 0.15) is 0 Å². The molecule has 2 amide bonds. The molecule has 6 heteroatoms. The van der Waals surface area contributed by atoms with E-state index in [1.807, 2.05) is 62.4 Å². The molecule has 0 bridgehead atoms. The van der Waals surface area contributed by atoms with Crippen LogP contribution in [0.25, 0.3) is 0 Å². The summed E-state index contributed by atoms with van der Waals surface area (Å²) in [6, 6.07) is 15.4. The van der Waals surface area contributed by atoms with Crippen LogP contribution in [0.5, 0.6) is 0 Å². The van der Waals surface area contributed by atoms with Crippen molar-refractivity contribution in [1.29, 1.82) is 0 Å². The van der Waals surface area contributed by atoms with Gasteiger partial charge in [-0.15, -0.1) is 0 Å². The fourth-order valence-electron chi connectivity index (χ4n) is 3.20. The molecule has 0 saturated carbocycles. The van der Waals surface area contributed by atoms with Gasteiger partial charge in [-0.05, 0) is 38.5 Å². The van der Waals surface area contributed by atoms with Crippen LogP contribution >= 0.6 is 0 Å². The highest BCUT2D eigenvalue weighted by molar-refractivity contribution is 5.99. The van der Waals surface area contributed by atoms with E-state index in [-0.39, 0.29) is 24.8 Å². The molecule has 1 N–H and O–H groups in total. The van der Waals surface area contributed by atoms with Crippen molar-refractivity contribution in [3.05, 3.63) is 65.2 Å². The van der Waals surface area contributed by atoms with Gasteiger partial charge in [-0.1, -0.05) is 47.5 Å². The topological polar surface area (TPSA) is 75.7 Å². The van der Waals surface area contributed by atoms with E-state index in [4.69, 9.17) is 4.74 Å².